The third-order valence-electron chi connectivity index (χ3n) is 12.2. The van der Waals surface area contributed by atoms with E-state index in [-0.39, 0.29) is 29.5 Å². The molecule has 2 aromatic carbocycles. The number of urea groups is 1. The second-order valence-corrected chi connectivity index (χ2v) is 17.2. The standard InChI is InChI=1S/C44H57N9O3/c1-29-12-8-9-25-51(29)42-49-48-39-21-18-33(28-52(39)42)56-37-20-19-36(34-16-6-7-17-35(34)37)46-41(54)47-40-27-38(43(2,3)4)50-53(40)32-15-10-13-31(26-32)44(5,55)30-14-11-23-45-24-22-30/h6-7,10,13,15-18,21,26-30,36-37,45,55H,8-9,11-12,14,19-20,22-25H2,1-5H3,(H2,46,47,54)/t29-,30?,36-,37+,44?/m0/s1. The molecule has 0 radical (unpaired) electrons. The Morgan fingerprint density at radius 2 is 1.73 bits per heavy atom. The summed E-state index contributed by atoms with van der Waals surface area (Å²) in [4.78, 5) is 16.2. The molecule has 2 aliphatic heterocycles. The van der Waals surface area contributed by atoms with E-state index >= 15 is 0 Å². The van der Waals surface area contributed by atoms with Crippen LogP contribution in [0, 0.1) is 5.92 Å². The Morgan fingerprint density at radius 1 is 0.893 bits per heavy atom. The summed E-state index contributed by atoms with van der Waals surface area (Å²) >= 11 is 0. The van der Waals surface area contributed by atoms with Crippen LogP contribution in [-0.4, -0.2) is 61.2 Å². The fourth-order valence-electron chi connectivity index (χ4n) is 8.82. The molecule has 2 unspecified atom stereocenters. The summed E-state index contributed by atoms with van der Waals surface area (Å²) in [7, 11) is 0. The van der Waals surface area contributed by atoms with Gasteiger partial charge in [0.25, 0.3) is 0 Å². The zero-order chi connectivity index (χ0) is 39.0. The van der Waals surface area contributed by atoms with E-state index in [4.69, 9.17) is 9.84 Å². The number of benzene rings is 2. The normalized spacial score (nSPS) is 22.9. The summed E-state index contributed by atoms with van der Waals surface area (Å²) in [5, 5.41) is 35.7. The predicted molar refractivity (Wildman–Crippen MR) is 220 cm³/mol. The van der Waals surface area contributed by atoms with Gasteiger partial charge in [0.1, 0.15) is 17.7 Å². The lowest BCUT2D eigenvalue weighted by atomic mass is 9.78. The summed E-state index contributed by atoms with van der Waals surface area (Å²) in [5.41, 5.74) is 4.13. The summed E-state index contributed by atoms with van der Waals surface area (Å²) in [6, 6.07) is 22.0. The van der Waals surface area contributed by atoms with Gasteiger partial charge in [-0.05, 0) is 125 Å². The average Bonchev–Trinajstić information content (AvgIpc) is 3.70. The van der Waals surface area contributed by atoms with E-state index in [1.54, 1.807) is 4.68 Å². The van der Waals surface area contributed by atoms with Crippen LogP contribution in [0.4, 0.5) is 16.6 Å². The molecule has 5 atom stereocenters. The van der Waals surface area contributed by atoms with Crippen molar-refractivity contribution in [1.29, 1.82) is 0 Å². The molecule has 296 valence electrons. The second-order valence-electron chi connectivity index (χ2n) is 17.2. The number of amides is 2. The fourth-order valence-corrected chi connectivity index (χ4v) is 8.82. The first-order valence-corrected chi connectivity index (χ1v) is 20.5. The number of hydrogen-bond donors (Lipinski definition) is 4. The Hall–Kier alpha value is -4.94. The van der Waals surface area contributed by atoms with Crippen LogP contribution in [0.25, 0.3) is 11.3 Å². The number of carbonyl (C=O) groups is 1. The van der Waals surface area contributed by atoms with Gasteiger partial charge in [-0.2, -0.15) is 5.10 Å². The van der Waals surface area contributed by atoms with E-state index < -0.39 is 5.60 Å². The van der Waals surface area contributed by atoms with Crippen LogP contribution in [-0.2, 0) is 11.0 Å². The van der Waals surface area contributed by atoms with Gasteiger partial charge < -0.3 is 25.4 Å². The smallest absolute Gasteiger partial charge is 0.320 e. The predicted octanol–water partition coefficient (Wildman–Crippen LogP) is 7.97. The first-order valence-electron chi connectivity index (χ1n) is 20.5. The number of nitrogens with zero attached hydrogens (tertiary/aromatic N) is 6. The van der Waals surface area contributed by atoms with Crippen molar-refractivity contribution in [3.63, 3.8) is 0 Å². The monoisotopic (exact) mass is 759 g/mol. The summed E-state index contributed by atoms with van der Waals surface area (Å²) < 4.78 is 10.5. The van der Waals surface area contributed by atoms with E-state index in [0.717, 1.165) is 104 Å². The number of hydrogen-bond acceptors (Lipinski definition) is 8. The molecule has 2 saturated heterocycles. The molecular formula is C44H57N9O3. The Kier molecular flexibility index (Phi) is 10.5. The molecule has 3 aliphatic rings. The highest BCUT2D eigenvalue weighted by atomic mass is 16.5. The van der Waals surface area contributed by atoms with Crippen LogP contribution in [0.2, 0.25) is 0 Å². The molecule has 0 bridgehead atoms. The lowest BCUT2D eigenvalue weighted by molar-refractivity contribution is -0.0113. The van der Waals surface area contributed by atoms with Crippen LogP contribution in [0.5, 0.6) is 5.75 Å². The minimum absolute atomic E-state index is 0.140. The number of fused-ring (bicyclic) bond motifs is 2. The maximum absolute atomic E-state index is 13.9. The van der Waals surface area contributed by atoms with Gasteiger partial charge in [-0.25, -0.2) is 9.48 Å². The molecular weight excluding hydrogens is 703 g/mol. The third-order valence-corrected chi connectivity index (χ3v) is 12.2. The number of anilines is 2. The lowest BCUT2D eigenvalue weighted by Gasteiger charge is -2.33. The van der Waals surface area contributed by atoms with Crippen molar-refractivity contribution in [3.05, 3.63) is 95.3 Å². The molecule has 0 spiro atoms. The minimum Gasteiger partial charge on any atom is -0.484 e. The van der Waals surface area contributed by atoms with Crippen LogP contribution < -0.4 is 25.6 Å². The van der Waals surface area contributed by atoms with Crippen molar-refractivity contribution in [2.45, 2.75) is 115 Å². The zero-order valence-electron chi connectivity index (χ0n) is 33.5. The topological polar surface area (TPSA) is 134 Å². The van der Waals surface area contributed by atoms with Gasteiger partial charge in [0.15, 0.2) is 5.65 Å². The van der Waals surface area contributed by atoms with E-state index in [0.29, 0.717) is 18.3 Å². The number of aliphatic hydroxyl groups is 1. The second kappa shape index (κ2) is 15.5. The average molecular weight is 760 g/mol. The van der Waals surface area contributed by atoms with Gasteiger partial charge in [0, 0.05) is 24.1 Å². The molecule has 5 heterocycles. The van der Waals surface area contributed by atoms with Gasteiger partial charge >= 0.3 is 6.03 Å². The fraction of sp³-hybridized carbons (Fsp3) is 0.500. The molecule has 4 N–H and O–H groups in total. The summed E-state index contributed by atoms with van der Waals surface area (Å²) in [6.45, 7) is 13.4. The van der Waals surface area contributed by atoms with Gasteiger partial charge in [0.05, 0.1) is 29.2 Å². The highest BCUT2D eigenvalue weighted by molar-refractivity contribution is 5.89. The van der Waals surface area contributed by atoms with Crippen LogP contribution in [0.3, 0.4) is 0 Å². The molecule has 0 saturated carbocycles. The molecule has 2 amide bonds. The number of carbonyl (C=O) groups excluding carboxylic acids is 1. The van der Waals surface area contributed by atoms with Crippen molar-refractivity contribution in [3.8, 4) is 11.4 Å². The third kappa shape index (κ3) is 7.73. The molecule has 1 aliphatic carbocycles. The van der Waals surface area contributed by atoms with E-state index in [2.05, 4.69) is 70.9 Å². The molecule has 12 nitrogen and oxygen atoms in total. The maximum atomic E-state index is 13.9. The molecule has 8 rings (SSSR count). The van der Waals surface area contributed by atoms with Crippen molar-refractivity contribution < 1.29 is 14.6 Å². The molecule has 12 heteroatoms. The first-order chi connectivity index (χ1) is 27.0. The van der Waals surface area contributed by atoms with Crippen LogP contribution >= 0.6 is 0 Å². The minimum atomic E-state index is -0.999. The number of nitrogens with one attached hydrogen (secondary N) is 3. The van der Waals surface area contributed by atoms with Crippen molar-refractivity contribution in [1.82, 2.24) is 35.0 Å². The maximum Gasteiger partial charge on any atom is 0.320 e. The zero-order valence-corrected chi connectivity index (χ0v) is 33.5. The van der Waals surface area contributed by atoms with Gasteiger partial charge in [-0.3, -0.25) is 9.72 Å². The van der Waals surface area contributed by atoms with Crippen LogP contribution in [0.15, 0.2) is 72.9 Å². The number of piperidine rings is 1. The number of rotatable bonds is 8. The van der Waals surface area contributed by atoms with E-state index in [9.17, 15) is 9.90 Å². The number of aromatic nitrogens is 5. The number of pyridine rings is 1. The first kappa shape index (κ1) is 38.0. The Balaban J connectivity index is 1.00. The molecule has 56 heavy (non-hydrogen) atoms. The van der Waals surface area contributed by atoms with E-state index in [1.807, 2.05) is 72.1 Å². The lowest BCUT2D eigenvalue weighted by Crippen LogP contribution is -2.38. The Bertz CT molecular complexity index is 2160. The highest BCUT2D eigenvalue weighted by Gasteiger charge is 2.35. The summed E-state index contributed by atoms with van der Waals surface area (Å²) in [6.07, 6.45) is 9.72. The Morgan fingerprint density at radius 3 is 2.55 bits per heavy atom. The molecule has 5 aromatic rings. The molecule has 3 aromatic heterocycles. The highest BCUT2D eigenvalue weighted by Crippen LogP contribution is 2.40. The van der Waals surface area contributed by atoms with Crippen molar-refractivity contribution in [2.24, 2.45) is 5.92 Å². The van der Waals surface area contributed by atoms with Gasteiger partial charge in [-0.15, -0.1) is 10.2 Å². The quantitative estimate of drug-likeness (QED) is 0.125. The van der Waals surface area contributed by atoms with E-state index in [1.165, 1.54) is 6.42 Å². The van der Waals surface area contributed by atoms with Gasteiger partial charge in [-0.1, -0.05) is 57.2 Å². The summed E-state index contributed by atoms with van der Waals surface area (Å²) in [5.74, 6) is 2.32. The number of ether oxygens (including phenoxy) is 1. The Labute approximate surface area is 330 Å². The largest absolute Gasteiger partial charge is 0.484 e. The van der Waals surface area contributed by atoms with Crippen molar-refractivity contribution in [2.75, 3.05) is 29.9 Å². The van der Waals surface area contributed by atoms with Gasteiger partial charge in [0.2, 0.25) is 5.95 Å². The van der Waals surface area contributed by atoms with Crippen molar-refractivity contribution >= 4 is 23.4 Å². The molecule has 2 fully saturated rings. The SMILES string of the molecule is C[C@H]1CCCCN1c1nnc2ccc(O[C@@H]3CC[C@H](NC(=O)Nc4cc(C(C)(C)C)nn4-c4cccc(C(C)(O)C5CCCNCC5)c4)c4ccccc43)cn12. The van der Waals surface area contributed by atoms with Crippen LogP contribution in [0.1, 0.15) is 121 Å².